The predicted octanol–water partition coefficient (Wildman–Crippen LogP) is 2.47. The quantitative estimate of drug-likeness (QED) is 0.707. The zero-order chi connectivity index (χ0) is 12.7. The molecule has 0 unspecified atom stereocenters. The van der Waals surface area contributed by atoms with Crippen LogP contribution in [0, 0.1) is 0 Å². The molecule has 0 spiro atoms. The molecule has 0 amide bonds. The third-order valence-corrected chi connectivity index (χ3v) is 2.34. The van der Waals surface area contributed by atoms with E-state index in [2.05, 4.69) is 4.90 Å². The highest BCUT2D eigenvalue weighted by Crippen LogP contribution is 2.17. The Bertz CT molecular complexity index is 397. The van der Waals surface area contributed by atoms with Crippen LogP contribution < -0.4 is 4.74 Å². The van der Waals surface area contributed by atoms with Crippen LogP contribution in [0.4, 0.5) is 0 Å². The highest BCUT2D eigenvalue weighted by Gasteiger charge is 2.01. The van der Waals surface area contributed by atoms with Crippen LogP contribution in [0.5, 0.6) is 5.75 Å². The van der Waals surface area contributed by atoms with Crippen molar-refractivity contribution in [3.8, 4) is 5.75 Å². The normalized spacial score (nSPS) is 11.1. The van der Waals surface area contributed by atoms with E-state index in [0.29, 0.717) is 12.2 Å². The van der Waals surface area contributed by atoms with Gasteiger partial charge in [0.25, 0.3) is 0 Å². The maximum atomic E-state index is 10.9. The number of benzene rings is 1. The van der Waals surface area contributed by atoms with E-state index >= 15 is 0 Å². The molecule has 0 atom stereocenters. The predicted molar refractivity (Wildman–Crippen MR) is 70.6 cm³/mol. The van der Waals surface area contributed by atoms with Gasteiger partial charge in [0.15, 0.2) is 6.29 Å². The monoisotopic (exact) mass is 233 g/mol. The molecule has 0 radical (unpaired) electrons. The van der Waals surface area contributed by atoms with Crippen LogP contribution in [0.1, 0.15) is 22.8 Å². The van der Waals surface area contributed by atoms with Crippen LogP contribution in [-0.2, 0) is 0 Å². The number of carbonyl (C=O) groups excluding carboxylic acids is 1. The molecule has 0 heterocycles. The highest BCUT2D eigenvalue weighted by molar-refractivity contribution is 5.82. The van der Waals surface area contributed by atoms with Crippen molar-refractivity contribution < 1.29 is 9.53 Å². The van der Waals surface area contributed by atoms with Crippen molar-refractivity contribution in [3.63, 3.8) is 0 Å². The maximum absolute atomic E-state index is 10.9. The first-order chi connectivity index (χ1) is 8.17. The third kappa shape index (κ3) is 4.41. The molecule has 0 aliphatic carbocycles. The van der Waals surface area contributed by atoms with Crippen molar-refractivity contribution in [3.05, 3.63) is 35.4 Å². The number of allylic oxidation sites excluding steroid dienone is 1. The fourth-order valence-corrected chi connectivity index (χ4v) is 1.42. The Morgan fingerprint density at radius 1 is 1.29 bits per heavy atom. The van der Waals surface area contributed by atoms with Crippen molar-refractivity contribution in [2.75, 3.05) is 27.2 Å². The third-order valence-electron chi connectivity index (χ3n) is 2.34. The molecule has 17 heavy (non-hydrogen) atoms. The number of likely N-dealkylation sites (N-methyl/N-ethyl adjacent to an activating group) is 1. The van der Waals surface area contributed by atoms with Gasteiger partial charge in [-0.1, -0.05) is 18.2 Å². The molecule has 0 bridgehead atoms. The zero-order valence-corrected chi connectivity index (χ0v) is 10.6. The van der Waals surface area contributed by atoms with E-state index in [1.807, 2.05) is 45.3 Å². The molecule has 0 aromatic heterocycles. The number of aldehydes is 1. The number of carbonyl (C=O) groups is 1. The van der Waals surface area contributed by atoms with Gasteiger partial charge < -0.3 is 9.64 Å². The summed E-state index contributed by atoms with van der Waals surface area (Å²) in [5.74, 6) is 0.738. The first-order valence-corrected chi connectivity index (χ1v) is 5.67. The Balaban J connectivity index is 2.72. The molecule has 0 aliphatic heterocycles. The van der Waals surface area contributed by atoms with Crippen LogP contribution >= 0.6 is 0 Å². The second kappa shape index (κ2) is 6.86. The molecule has 0 fully saturated rings. The average Bonchev–Trinajstić information content (AvgIpc) is 2.30. The Kier molecular flexibility index (Phi) is 5.43. The summed E-state index contributed by atoms with van der Waals surface area (Å²) >= 11 is 0. The van der Waals surface area contributed by atoms with Gasteiger partial charge in [0, 0.05) is 12.1 Å². The minimum atomic E-state index is 0.619. The molecule has 1 aromatic rings. The summed E-state index contributed by atoms with van der Waals surface area (Å²) in [5, 5.41) is 0. The van der Waals surface area contributed by atoms with E-state index in [4.69, 9.17) is 4.74 Å². The van der Waals surface area contributed by atoms with Crippen LogP contribution in [0.25, 0.3) is 6.08 Å². The van der Waals surface area contributed by atoms with Gasteiger partial charge in [-0.3, -0.25) is 4.79 Å². The van der Waals surface area contributed by atoms with E-state index in [9.17, 15) is 4.79 Å². The van der Waals surface area contributed by atoms with Crippen LogP contribution in [0.15, 0.2) is 24.3 Å². The van der Waals surface area contributed by atoms with Crippen molar-refractivity contribution in [1.29, 1.82) is 0 Å². The van der Waals surface area contributed by atoms with Gasteiger partial charge in [-0.05, 0) is 38.7 Å². The lowest BCUT2D eigenvalue weighted by molar-refractivity contribution is 0.112. The Hall–Kier alpha value is -1.61. The smallest absolute Gasteiger partial charge is 0.150 e. The molecular formula is C14H19NO2. The van der Waals surface area contributed by atoms with Gasteiger partial charge in [0.2, 0.25) is 0 Å². The molecule has 3 nitrogen and oxygen atoms in total. The highest BCUT2D eigenvalue weighted by atomic mass is 16.5. The van der Waals surface area contributed by atoms with Gasteiger partial charge in [-0.25, -0.2) is 0 Å². The minimum Gasteiger partial charge on any atom is -0.492 e. The van der Waals surface area contributed by atoms with Gasteiger partial charge in [0.05, 0.1) is 0 Å². The maximum Gasteiger partial charge on any atom is 0.150 e. The second-order valence-corrected chi connectivity index (χ2v) is 4.06. The molecule has 1 aromatic carbocycles. The number of rotatable bonds is 6. The zero-order valence-electron chi connectivity index (χ0n) is 10.6. The molecule has 0 N–H and O–H groups in total. The van der Waals surface area contributed by atoms with Gasteiger partial charge in [-0.15, -0.1) is 0 Å². The summed E-state index contributed by atoms with van der Waals surface area (Å²) in [4.78, 5) is 13.0. The summed E-state index contributed by atoms with van der Waals surface area (Å²) in [7, 11) is 3.99. The molecular weight excluding hydrogens is 214 g/mol. The first-order valence-electron chi connectivity index (χ1n) is 5.67. The molecule has 0 aliphatic rings. The average molecular weight is 233 g/mol. The first kappa shape index (κ1) is 13.5. The lowest BCUT2D eigenvalue weighted by Crippen LogP contribution is -2.19. The molecule has 0 saturated carbocycles. The van der Waals surface area contributed by atoms with Gasteiger partial charge in [-0.2, -0.15) is 0 Å². The summed E-state index contributed by atoms with van der Waals surface area (Å²) < 4.78 is 5.57. The molecule has 1 rings (SSSR count). The Labute approximate surface area is 103 Å². The topological polar surface area (TPSA) is 29.5 Å². The molecule has 0 saturated heterocycles. The lowest BCUT2D eigenvalue weighted by atomic mass is 10.1. The van der Waals surface area contributed by atoms with E-state index in [1.165, 1.54) is 0 Å². The summed E-state index contributed by atoms with van der Waals surface area (Å²) in [6.45, 7) is 3.40. The Morgan fingerprint density at radius 3 is 2.65 bits per heavy atom. The lowest BCUT2D eigenvalue weighted by Gasteiger charge is -2.11. The standard InChI is InChI=1S/C14H19NO2/c1-4-5-12-6-7-14(10-13(12)11-16)17-9-8-15(2)3/h4-7,10-11H,8-9H2,1-3H3. The van der Waals surface area contributed by atoms with Crippen molar-refractivity contribution in [1.82, 2.24) is 4.90 Å². The SMILES string of the molecule is CC=Cc1ccc(OCCN(C)C)cc1C=O. The van der Waals surface area contributed by atoms with E-state index < -0.39 is 0 Å². The molecule has 3 heteroatoms. The van der Waals surface area contributed by atoms with E-state index in [1.54, 1.807) is 6.07 Å². The fraction of sp³-hybridized carbons (Fsp3) is 0.357. The summed E-state index contributed by atoms with van der Waals surface area (Å²) in [5.41, 5.74) is 1.58. The number of nitrogens with zero attached hydrogens (tertiary/aromatic N) is 1. The van der Waals surface area contributed by atoms with E-state index in [0.717, 1.165) is 24.1 Å². The number of ether oxygens (including phenoxy) is 1. The molecule has 92 valence electrons. The van der Waals surface area contributed by atoms with Crippen LogP contribution in [0.2, 0.25) is 0 Å². The van der Waals surface area contributed by atoms with Crippen molar-refractivity contribution in [2.45, 2.75) is 6.92 Å². The van der Waals surface area contributed by atoms with Gasteiger partial charge in [0.1, 0.15) is 12.4 Å². The van der Waals surface area contributed by atoms with Crippen molar-refractivity contribution in [2.24, 2.45) is 0 Å². The summed E-state index contributed by atoms with van der Waals surface area (Å²) in [6.07, 6.45) is 4.68. The minimum absolute atomic E-state index is 0.619. The van der Waals surface area contributed by atoms with E-state index in [-0.39, 0.29) is 0 Å². The largest absolute Gasteiger partial charge is 0.492 e. The van der Waals surface area contributed by atoms with Crippen molar-refractivity contribution >= 4 is 12.4 Å². The van der Waals surface area contributed by atoms with Crippen LogP contribution in [0.3, 0.4) is 0 Å². The Morgan fingerprint density at radius 2 is 2.06 bits per heavy atom. The second-order valence-electron chi connectivity index (χ2n) is 4.06. The number of hydrogen-bond donors (Lipinski definition) is 0. The number of hydrogen-bond acceptors (Lipinski definition) is 3. The van der Waals surface area contributed by atoms with Gasteiger partial charge >= 0.3 is 0 Å². The van der Waals surface area contributed by atoms with Crippen LogP contribution in [-0.4, -0.2) is 38.4 Å². The fourth-order valence-electron chi connectivity index (χ4n) is 1.42. The summed E-state index contributed by atoms with van der Waals surface area (Å²) in [6, 6.07) is 5.56.